The van der Waals surface area contributed by atoms with Gasteiger partial charge < -0.3 is 15.9 Å². The van der Waals surface area contributed by atoms with Crippen LogP contribution in [0.1, 0.15) is 12.5 Å². The summed E-state index contributed by atoms with van der Waals surface area (Å²) in [6, 6.07) is 4.84. The maximum absolute atomic E-state index is 10.8. The zero-order valence-electron chi connectivity index (χ0n) is 7.49. The number of aromatic hydroxyl groups is 1. The third-order valence-electron chi connectivity index (χ3n) is 1.99. The average molecular weight is 307 g/mol. The van der Waals surface area contributed by atoms with Gasteiger partial charge in [0, 0.05) is 5.56 Å². The largest absolute Gasteiger partial charge is 0.506 e. The van der Waals surface area contributed by atoms with Gasteiger partial charge in [-0.15, -0.1) is 0 Å². The molecule has 0 unspecified atom stereocenters. The van der Waals surface area contributed by atoms with Gasteiger partial charge in [-0.2, -0.15) is 0 Å². The van der Waals surface area contributed by atoms with Crippen LogP contribution in [0.4, 0.5) is 0 Å². The number of phenols is 1. The highest BCUT2D eigenvalue weighted by molar-refractivity contribution is 14.1. The first kappa shape index (κ1) is 11.3. The number of carbonyl (C=O) groups is 1. The average Bonchev–Trinajstić information content (AvgIpc) is 2.09. The van der Waals surface area contributed by atoms with E-state index in [1.807, 2.05) is 22.6 Å². The SMILES string of the molecule is C[C@@](N)(C(=O)O)c1cccc(I)c1O. The predicted molar refractivity (Wildman–Crippen MR) is 60.0 cm³/mol. The minimum absolute atomic E-state index is 0.0690. The predicted octanol–water partition coefficient (Wildman–Crippen LogP) is 1.26. The van der Waals surface area contributed by atoms with Gasteiger partial charge in [0.2, 0.25) is 0 Å². The molecule has 0 aliphatic heterocycles. The lowest BCUT2D eigenvalue weighted by Crippen LogP contribution is -2.41. The minimum Gasteiger partial charge on any atom is -0.506 e. The first-order valence-electron chi connectivity index (χ1n) is 3.87. The highest BCUT2D eigenvalue weighted by Crippen LogP contribution is 2.31. The molecule has 0 saturated carbocycles. The highest BCUT2D eigenvalue weighted by atomic mass is 127. The maximum Gasteiger partial charge on any atom is 0.328 e. The van der Waals surface area contributed by atoms with E-state index in [4.69, 9.17) is 10.8 Å². The molecule has 1 aromatic rings. The Kier molecular flexibility index (Phi) is 3.01. The highest BCUT2D eigenvalue weighted by Gasteiger charge is 2.33. The molecule has 0 aromatic heterocycles. The minimum atomic E-state index is -1.56. The molecule has 0 radical (unpaired) electrons. The summed E-state index contributed by atoms with van der Waals surface area (Å²) in [6.45, 7) is 1.35. The van der Waals surface area contributed by atoms with Gasteiger partial charge in [0.1, 0.15) is 11.3 Å². The Labute approximate surface area is 94.9 Å². The van der Waals surface area contributed by atoms with Crippen molar-refractivity contribution in [3.05, 3.63) is 27.3 Å². The molecule has 0 saturated heterocycles. The summed E-state index contributed by atoms with van der Waals surface area (Å²) in [5.74, 6) is -1.24. The lowest BCUT2D eigenvalue weighted by atomic mass is 9.93. The maximum atomic E-state index is 10.8. The molecule has 0 fully saturated rings. The molecule has 4 N–H and O–H groups in total. The van der Waals surface area contributed by atoms with E-state index in [2.05, 4.69) is 0 Å². The molecule has 76 valence electrons. The van der Waals surface area contributed by atoms with Gasteiger partial charge in [-0.3, -0.25) is 0 Å². The number of hydrogen-bond donors (Lipinski definition) is 3. The molecule has 0 aliphatic carbocycles. The number of para-hydroxylation sites is 1. The van der Waals surface area contributed by atoms with Crippen LogP contribution in [0.5, 0.6) is 5.75 Å². The summed E-state index contributed by atoms with van der Waals surface area (Å²) >= 11 is 1.91. The van der Waals surface area contributed by atoms with Crippen LogP contribution in [0.25, 0.3) is 0 Å². The fraction of sp³-hybridized carbons (Fsp3) is 0.222. The van der Waals surface area contributed by atoms with E-state index < -0.39 is 11.5 Å². The topological polar surface area (TPSA) is 83.6 Å². The van der Waals surface area contributed by atoms with Crippen molar-refractivity contribution in [2.75, 3.05) is 0 Å². The van der Waals surface area contributed by atoms with Crippen molar-refractivity contribution in [3.63, 3.8) is 0 Å². The number of phenolic OH excluding ortho intramolecular Hbond substituents is 1. The van der Waals surface area contributed by atoms with Crippen LogP contribution in [-0.2, 0) is 10.3 Å². The summed E-state index contributed by atoms with van der Waals surface area (Å²) in [7, 11) is 0. The van der Waals surface area contributed by atoms with E-state index in [1.165, 1.54) is 13.0 Å². The molecule has 14 heavy (non-hydrogen) atoms. The third kappa shape index (κ3) is 1.83. The quantitative estimate of drug-likeness (QED) is 0.718. The van der Waals surface area contributed by atoms with Crippen LogP contribution in [0.2, 0.25) is 0 Å². The Bertz CT molecular complexity index is 376. The standard InChI is InChI=1S/C9H10INO3/c1-9(11,8(13)14)5-3-2-4-6(10)7(5)12/h2-4,12H,11H2,1H3,(H,13,14)/t9-/m0/s1. The lowest BCUT2D eigenvalue weighted by molar-refractivity contribution is -0.143. The van der Waals surface area contributed by atoms with Crippen LogP contribution in [0.15, 0.2) is 18.2 Å². The number of nitrogens with two attached hydrogens (primary N) is 1. The van der Waals surface area contributed by atoms with Crippen molar-refractivity contribution >= 4 is 28.6 Å². The lowest BCUT2D eigenvalue weighted by Gasteiger charge is -2.21. The number of hydrogen-bond acceptors (Lipinski definition) is 3. The second-order valence-corrected chi connectivity index (χ2v) is 4.31. The number of carboxylic acids is 1. The van der Waals surface area contributed by atoms with E-state index in [0.717, 1.165) is 0 Å². The molecule has 4 nitrogen and oxygen atoms in total. The van der Waals surface area contributed by atoms with Crippen molar-refractivity contribution in [1.82, 2.24) is 0 Å². The van der Waals surface area contributed by atoms with Crippen molar-refractivity contribution in [2.45, 2.75) is 12.5 Å². The normalized spacial score (nSPS) is 14.8. The molecule has 1 atom stereocenters. The molecule has 0 aliphatic rings. The van der Waals surface area contributed by atoms with Crippen molar-refractivity contribution in [1.29, 1.82) is 0 Å². The second-order valence-electron chi connectivity index (χ2n) is 3.14. The van der Waals surface area contributed by atoms with Crippen molar-refractivity contribution in [2.24, 2.45) is 5.73 Å². The van der Waals surface area contributed by atoms with Crippen molar-refractivity contribution < 1.29 is 15.0 Å². The first-order valence-corrected chi connectivity index (χ1v) is 4.95. The molecular weight excluding hydrogens is 297 g/mol. The number of halogens is 1. The van der Waals surface area contributed by atoms with Gasteiger partial charge in [0.05, 0.1) is 3.57 Å². The van der Waals surface area contributed by atoms with Crippen LogP contribution >= 0.6 is 22.6 Å². The van der Waals surface area contributed by atoms with Crippen molar-refractivity contribution in [3.8, 4) is 5.75 Å². The van der Waals surface area contributed by atoms with Crippen LogP contribution in [-0.4, -0.2) is 16.2 Å². The zero-order valence-corrected chi connectivity index (χ0v) is 9.65. The van der Waals surface area contributed by atoms with Gasteiger partial charge in [-0.25, -0.2) is 4.79 Å². The van der Waals surface area contributed by atoms with Crippen LogP contribution < -0.4 is 5.73 Å². The summed E-state index contributed by atoms with van der Waals surface area (Å²) < 4.78 is 0.582. The summed E-state index contributed by atoms with van der Waals surface area (Å²) in [6.07, 6.45) is 0. The van der Waals surface area contributed by atoms with E-state index in [1.54, 1.807) is 12.1 Å². The fourth-order valence-electron chi connectivity index (χ4n) is 1.05. The Morgan fingerprint density at radius 2 is 2.14 bits per heavy atom. The number of carboxylic acid groups (broad SMARTS) is 1. The molecule has 0 heterocycles. The number of aliphatic carboxylic acids is 1. The molecule has 0 amide bonds. The smallest absolute Gasteiger partial charge is 0.328 e. The monoisotopic (exact) mass is 307 g/mol. The fourth-order valence-corrected chi connectivity index (χ4v) is 1.55. The second kappa shape index (κ2) is 3.74. The Balaban J connectivity index is 3.33. The third-order valence-corrected chi connectivity index (χ3v) is 2.86. The number of benzene rings is 1. The molecule has 5 heteroatoms. The van der Waals surface area contributed by atoms with Crippen LogP contribution in [0, 0.1) is 3.57 Å². The van der Waals surface area contributed by atoms with Crippen LogP contribution in [0.3, 0.4) is 0 Å². The zero-order chi connectivity index (χ0) is 10.9. The molecule has 1 rings (SSSR count). The molecular formula is C9H10INO3. The Morgan fingerprint density at radius 3 is 2.64 bits per heavy atom. The van der Waals surface area contributed by atoms with E-state index in [-0.39, 0.29) is 11.3 Å². The first-order chi connectivity index (χ1) is 6.37. The van der Waals surface area contributed by atoms with E-state index in [0.29, 0.717) is 3.57 Å². The number of rotatable bonds is 2. The summed E-state index contributed by atoms with van der Waals surface area (Å²) in [4.78, 5) is 10.8. The summed E-state index contributed by atoms with van der Waals surface area (Å²) in [5.41, 5.74) is 4.24. The van der Waals surface area contributed by atoms with Gasteiger partial charge in [-0.05, 0) is 35.6 Å². The Hall–Kier alpha value is -0.820. The Morgan fingerprint density at radius 1 is 1.57 bits per heavy atom. The van der Waals surface area contributed by atoms with Gasteiger partial charge in [0.15, 0.2) is 0 Å². The molecule has 1 aromatic carbocycles. The van der Waals surface area contributed by atoms with E-state index in [9.17, 15) is 9.90 Å². The molecule has 0 bridgehead atoms. The van der Waals surface area contributed by atoms with Gasteiger partial charge >= 0.3 is 5.97 Å². The summed E-state index contributed by atoms with van der Waals surface area (Å²) in [5, 5.41) is 18.5. The van der Waals surface area contributed by atoms with Gasteiger partial charge in [-0.1, -0.05) is 12.1 Å². The molecule has 0 spiro atoms. The van der Waals surface area contributed by atoms with Gasteiger partial charge in [0.25, 0.3) is 0 Å². The van der Waals surface area contributed by atoms with E-state index >= 15 is 0 Å².